The highest BCUT2D eigenvalue weighted by Crippen LogP contribution is 2.37. The SMILES string of the molecule is C=Cc1cc(C(=O)OC)c(NC(C)=O)cc1C(F)(F)F.COC(=O)c1cc(I)c(C(F)(F)F)cc1NC(C)=O. The van der Waals surface area contributed by atoms with E-state index in [1.54, 1.807) is 0 Å². The summed E-state index contributed by atoms with van der Waals surface area (Å²) in [4.78, 5) is 45.0. The van der Waals surface area contributed by atoms with Crippen molar-refractivity contribution in [1.82, 2.24) is 0 Å². The molecule has 2 amide bonds. The Bertz CT molecular complexity index is 1290. The second-order valence-electron chi connectivity index (χ2n) is 7.41. The van der Waals surface area contributed by atoms with E-state index < -0.39 is 47.2 Å². The molecule has 212 valence electrons. The Morgan fingerprint density at radius 1 is 0.769 bits per heavy atom. The van der Waals surface area contributed by atoms with E-state index in [-0.39, 0.29) is 31.6 Å². The Morgan fingerprint density at radius 3 is 1.49 bits per heavy atom. The fraction of sp³-hybridized carbons (Fsp3) is 0.250. The van der Waals surface area contributed by atoms with Crippen molar-refractivity contribution in [3.05, 3.63) is 62.2 Å². The topological polar surface area (TPSA) is 111 Å². The lowest BCUT2D eigenvalue weighted by Crippen LogP contribution is -2.16. The lowest BCUT2D eigenvalue weighted by molar-refractivity contribution is -0.138. The van der Waals surface area contributed by atoms with Crippen molar-refractivity contribution in [2.75, 3.05) is 24.9 Å². The van der Waals surface area contributed by atoms with Gasteiger partial charge in [-0.15, -0.1) is 0 Å². The summed E-state index contributed by atoms with van der Waals surface area (Å²) in [5, 5.41) is 4.36. The smallest absolute Gasteiger partial charge is 0.417 e. The van der Waals surface area contributed by atoms with Crippen LogP contribution in [0.4, 0.5) is 37.7 Å². The van der Waals surface area contributed by atoms with Crippen LogP contribution in [0.5, 0.6) is 0 Å². The lowest BCUT2D eigenvalue weighted by atomic mass is 10.0. The Kier molecular flexibility index (Phi) is 11.5. The predicted octanol–water partition coefficient (Wildman–Crippen LogP) is 6.15. The number of methoxy groups -OCH3 is 2. The van der Waals surface area contributed by atoms with E-state index in [0.29, 0.717) is 6.07 Å². The van der Waals surface area contributed by atoms with Gasteiger partial charge in [-0.3, -0.25) is 9.59 Å². The summed E-state index contributed by atoms with van der Waals surface area (Å²) in [7, 11) is 2.19. The van der Waals surface area contributed by atoms with Gasteiger partial charge in [0, 0.05) is 17.4 Å². The number of carbonyl (C=O) groups is 4. The third kappa shape index (κ3) is 9.26. The first-order valence-electron chi connectivity index (χ1n) is 10.4. The minimum Gasteiger partial charge on any atom is -0.465 e. The van der Waals surface area contributed by atoms with Gasteiger partial charge in [0.25, 0.3) is 0 Å². The average molecular weight is 674 g/mol. The van der Waals surface area contributed by atoms with Crippen LogP contribution in [0.3, 0.4) is 0 Å². The summed E-state index contributed by atoms with van der Waals surface area (Å²) < 4.78 is 85.7. The van der Waals surface area contributed by atoms with E-state index in [1.807, 2.05) is 0 Å². The van der Waals surface area contributed by atoms with Gasteiger partial charge in [0.15, 0.2) is 0 Å². The molecule has 2 rings (SSSR count). The van der Waals surface area contributed by atoms with Crippen molar-refractivity contribution in [3.63, 3.8) is 0 Å². The van der Waals surface area contributed by atoms with Crippen molar-refractivity contribution in [3.8, 4) is 0 Å². The summed E-state index contributed by atoms with van der Waals surface area (Å²) in [6.07, 6.45) is -8.23. The van der Waals surface area contributed by atoms with Crippen molar-refractivity contribution in [1.29, 1.82) is 0 Å². The number of halogens is 7. The highest BCUT2D eigenvalue weighted by atomic mass is 127. The molecule has 0 heterocycles. The van der Waals surface area contributed by atoms with Crippen LogP contribution in [0.2, 0.25) is 0 Å². The minimum atomic E-state index is -4.63. The molecule has 0 saturated heterocycles. The molecule has 0 aliphatic carbocycles. The monoisotopic (exact) mass is 674 g/mol. The molecule has 0 aliphatic heterocycles. The quantitative estimate of drug-likeness (QED) is 0.224. The minimum absolute atomic E-state index is 0.130. The van der Waals surface area contributed by atoms with Gasteiger partial charge in [-0.25, -0.2) is 9.59 Å². The molecule has 2 N–H and O–H groups in total. The normalized spacial score (nSPS) is 10.9. The van der Waals surface area contributed by atoms with E-state index in [0.717, 1.165) is 52.3 Å². The van der Waals surface area contributed by atoms with Crippen LogP contribution in [0, 0.1) is 3.57 Å². The van der Waals surface area contributed by atoms with Crippen LogP contribution in [-0.2, 0) is 31.4 Å². The molecular formula is C24H21F6IN2O6. The molecule has 0 radical (unpaired) electrons. The molecule has 0 bridgehead atoms. The van der Waals surface area contributed by atoms with Crippen LogP contribution in [0.15, 0.2) is 30.8 Å². The molecule has 0 saturated carbocycles. The Balaban J connectivity index is 0.000000391. The first-order chi connectivity index (χ1) is 17.9. The van der Waals surface area contributed by atoms with Crippen LogP contribution in [0.1, 0.15) is 51.3 Å². The molecule has 2 aromatic rings. The maximum atomic E-state index is 12.9. The standard InChI is InChI=1S/C13H12F3NO3.C11H9F3INO3/c1-4-8-5-9(12(19)20-3)11(17-7(2)18)6-10(8)13(14,15)16;1-5(17)16-9-4-7(11(12,13)14)8(15)3-6(9)10(18)19-2/h4-6H,1H2,2-3H3,(H,17,18);3-4H,1-2H3,(H,16,17). The number of anilines is 2. The van der Waals surface area contributed by atoms with E-state index in [4.69, 9.17) is 0 Å². The Labute approximate surface area is 231 Å². The van der Waals surface area contributed by atoms with Gasteiger partial charge in [0.2, 0.25) is 11.8 Å². The highest BCUT2D eigenvalue weighted by Gasteiger charge is 2.35. The van der Waals surface area contributed by atoms with Crippen LogP contribution in [-0.4, -0.2) is 38.0 Å². The van der Waals surface area contributed by atoms with Crippen molar-refractivity contribution >= 4 is 63.8 Å². The molecule has 8 nitrogen and oxygen atoms in total. The number of nitrogens with one attached hydrogen (secondary N) is 2. The molecule has 0 atom stereocenters. The summed E-state index contributed by atoms with van der Waals surface area (Å²) in [6.45, 7) is 5.53. The van der Waals surface area contributed by atoms with Gasteiger partial charge in [0.05, 0.1) is 47.8 Å². The number of alkyl halides is 6. The predicted molar refractivity (Wildman–Crippen MR) is 137 cm³/mol. The molecule has 39 heavy (non-hydrogen) atoms. The van der Waals surface area contributed by atoms with Crippen LogP contribution < -0.4 is 10.6 Å². The molecule has 0 spiro atoms. The molecule has 0 fully saturated rings. The van der Waals surface area contributed by atoms with Crippen LogP contribution in [0.25, 0.3) is 6.08 Å². The molecule has 0 aliphatic rings. The number of hydrogen-bond acceptors (Lipinski definition) is 6. The largest absolute Gasteiger partial charge is 0.465 e. The first kappa shape index (κ1) is 33.4. The number of ether oxygens (including phenoxy) is 2. The van der Waals surface area contributed by atoms with Gasteiger partial charge in [0.1, 0.15) is 0 Å². The van der Waals surface area contributed by atoms with E-state index in [2.05, 4.69) is 26.7 Å². The van der Waals surface area contributed by atoms with Gasteiger partial charge in [-0.1, -0.05) is 12.7 Å². The number of benzene rings is 2. The van der Waals surface area contributed by atoms with E-state index in [9.17, 15) is 45.5 Å². The Hall–Kier alpha value is -3.63. The number of amides is 2. The second kappa shape index (κ2) is 13.4. The number of rotatable bonds is 5. The third-order valence-corrected chi connectivity index (χ3v) is 5.45. The lowest BCUT2D eigenvalue weighted by Gasteiger charge is -2.15. The van der Waals surface area contributed by atoms with Crippen molar-refractivity contribution in [2.45, 2.75) is 26.2 Å². The molecule has 15 heteroatoms. The first-order valence-corrected chi connectivity index (χ1v) is 11.4. The van der Waals surface area contributed by atoms with E-state index in [1.165, 1.54) is 22.6 Å². The fourth-order valence-corrected chi connectivity index (χ4v) is 3.74. The summed E-state index contributed by atoms with van der Waals surface area (Å²) >= 11 is 1.47. The van der Waals surface area contributed by atoms with E-state index >= 15 is 0 Å². The molecule has 0 aromatic heterocycles. The third-order valence-electron chi connectivity index (χ3n) is 4.56. The van der Waals surface area contributed by atoms with Gasteiger partial charge < -0.3 is 20.1 Å². The maximum absolute atomic E-state index is 12.9. The fourth-order valence-electron chi connectivity index (χ4n) is 2.97. The van der Waals surface area contributed by atoms with Crippen molar-refractivity contribution in [2.24, 2.45) is 0 Å². The maximum Gasteiger partial charge on any atom is 0.417 e. The summed E-state index contributed by atoms with van der Waals surface area (Å²) in [6, 6.07) is 3.41. The zero-order valence-corrected chi connectivity index (χ0v) is 22.8. The average Bonchev–Trinajstić information content (AvgIpc) is 2.82. The summed E-state index contributed by atoms with van der Waals surface area (Å²) in [5.41, 5.74) is -2.99. The van der Waals surface area contributed by atoms with Gasteiger partial charge in [-0.2, -0.15) is 26.3 Å². The number of hydrogen-bond donors (Lipinski definition) is 2. The summed E-state index contributed by atoms with van der Waals surface area (Å²) in [5.74, 6) is -2.87. The number of esters is 2. The van der Waals surface area contributed by atoms with Gasteiger partial charge >= 0.3 is 24.3 Å². The Morgan fingerprint density at radius 2 is 1.15 bits per heavy atom. The molecule has 2 aromatic carbocycles. The van der Waals surface area contributed by atoms with Gasteiger partial charge in [-0.05, 0) is 52.4 Å². The number of carbonyl (C=O) groups excluding carboxylic acids is 4. The molecular weight excluding hydrogens is 653 g/mol. The molecule has 0 unspecified atom stereocenters. The highest BCUT2D eigenvalue weighted by molar-refractivity contribution is 14.1. The van der Waals surface area contributed by atoms with Crippen LogP contribution >= 0.6 is 22.6 Å². The van der Waals surface area contributed by atoms with Crippen molar-refractivity contribution < 1.29 is 55.0 Å². The zero-order chi connectivity index (χ0) is 30.3. The zero-order valence-electron chi connectivity index (χ0n) is 20.7. The second-order valence-corrected chi connectivity index (χ2v) is 8.57.